The Morgan fingerprint density at radius 2 is 1.88 bits per heavy atom. The number of hydrogen-bond acceptors (Lipinski definition) is 2. The molecule has 1 amide bonds. The topological polar surface area (TPSA) is 57.6 Å². The molecule has 0 spiro atoms. The zero-order valence-electron chi connectivity index (χ0n) is 11.6. The third-order valence-corrected chi connectivity index (χ3v) is 3.55. The molecule has 0 aromatic rings. The first-order chi connectivity index (χ1) is 7.75. The molecule has 1 unspecified atom stereocenters. The Hall–Kier alpha value is -1.06. The minimum atomic E-state index is -0.975. The lowest BCUT2D eigenvalue weighted by molar-refractivity contribution is -0.155. The van der Waals surface area contributed by atoms with E-state index in [9.17, 15) is 14.7 Å². The molecule has 0 aliphatic heterocycles. The van der Waals surface area contributed by atoms with Crippen LogP contribution in [-0.2, 0) is 9.59 Å². The van der Waals surface area contributed by atoms with Crippen LogP contribution < -0.4 is 0 Å². The van der Waals surface area contributed by atoms with Crippen LogP contribution in [0.3, 0.4) is 0 Å². The smallest absolute Gasteiger partial charge is 0.310 e. The van der Waals surface area contributed by atoms with Gasteiger partial charge in [-0.3, -0.25) is 9.59 Å². The van der Waals surface area contributed by atoms with Crippen molar-refractivity contribution in [1.82, 2.24) is 4.90 Å². The highest BCUT2D eigenvalue weighted by molar-refractivity contribution is 5.84. The van der Waals surface area contributed by atoms with Gasteiger partial charge in [0, 0.05) is 20.0 Å². The molecule has 4 nitrogen and oxygen atoms in total. The Morgan fingerprint density at radius 1 is 1.35 bits per heavy atom. The van der Waals surface area contributed by atoms with E-state index >= 15 is 0 Å². The Bertz CT molecular complexity index is 276. The largest absolute Gasteiger partial charge is 0.481 e. The Labute approximate surface area is 104 Å². The van der Waals surface area contributed by atoms with Gasteiger partial charge in [0.1, 0.15) is 0 Å². The average Bonchev–Trinajstić information content (AvgIpc) is 2.24. The highest BCUT2D eigenvalue weighted by Crippen LogP contribution is 2.31. The van der Waals surface area contributed by atoms with Gasteiger partial charge in [0.25, 0.3) is 0 Å². The lowest BCUT2D eigenvalue weighted by Gasteiger charge is -2.30. The molecule has 0 aromatic heterocycles. The number of nitrogens with zero attached hydrogens (tertiary/aromatic N) is 1. The first-order valence-corrected chi connectivity index (χ1v) is 6.23. The van der Waals surface area contributed by atoms with E-state index in [2.05, 4.69) is 6.92 Å². The van der Waals surface area contributed by atoms with Crippen molar-refractivity contribution < 1.29 is 14.7 Å². The molecule has 0 rings (SSSR count). The number of hydrogen-bond donors (Lipinski definition) is 1. The number of rotatable bonds is 7. The van der Waals surface area contributed by atoms with Crippen molar-refractivity contribution in [2.75, 3.05) is 13.6 Å². The van der Waals surface area contributed by atoms with E-state index < -0.39 is 11.4 Å². The van der Waals surface area contributed by atoms with E-state index in [1.807, 2.05) is 13.8 Å². The molecular formula is C13H25NO3. The number of aliphatic carboxylic acids is 1. The van der Waals surface area contributed by atoms with Crippen molar-refractivity contribution in [1.29, 1.82) is 0 Å². The van der Waals surface area contributed by atoms with Crippen LogP contribution in [0, 0.1) is 11.3 Å². The summed E-state index contributed by atoms with van der Waals surface area (Å²) in [6, 6.07) is 0. The molecule has 0 aliphatic carbocycles. The van der Waals surface area contributed by atoms with Crippen molar-refractivity contribution in [3.63, 3.8) is 0 Å². The molecule has 0 radical (unpaired) electrons. The van der Waals surface area contributed by atoms with Crippen LogP contribution in [0.25, 0.3) is 0 Å². The molecule has 4 heteroatoms. The standard InChI is InChI=1S/C13H25NO3/c1-6-7-8-14(5)11(15)9-13(4,10(2)3)12(16)17/h10H,6-9H2,1-5H3,(H,16,17). The summed E-state index contributed by atoms with van der Waals surface area (Å²) in [4.78, 5) is 24.8. The van der Waals surface area contributed by atoms with Gasteiger partial charge in [-0.25, -0.2) is 0 Å². The maximum absolute atomic E-state index is 11.9. The number of carboxylic acids is 1. The average molecular weight is 243 g/mol. The van der Waals surface area contributed by atoms with Crippen LogP contribution >= 0.6 is 0 Å². The van der Waals surface area contributed by atoms with Gasteiger partial charge in [-0.15, -0.1) is 0 Å². The maximum atomic E-state index is 11.9. The van der Waals surface area contributed by atoms with E-state index in [1.165, 1.54) is 0 Å². The molecule has 0 fully saturated rings. The molecule has 0 aliphatic rings. The number of carbonyl (C=O) groups is 2. The predicted octanol–water partition coefficient (Wildman–Crippen LogP) is 2.38. The summed E-state index contributed by atoms with van der Waals surface area (Å²) >= 11 is 0. The fourth-order valence-electron chi connectivity index (χ4n) is 1.50. The number of amides is 1. The van der Waals surface area contributed by atoms with Crippen molar-refractivity contribution in [2.24, 2.45) is 11.3 Å². The molecule has 0 bridgehead atoms. The third-order valence-electron chi connectivity index (χ3n) is 3.55. The number of carboxylic acid groups (broad SMARTS) is 1. The number of carbonyl (C=O) groups excluding carboxylic acids is 1. The minimum Gasteiger partial charge on any atom is -0.481 e. The van der Waals surface area contributed by atoms with Crippen molar-refractivity contribution >= 4 is 11.9 Å². The molecule has 0 heterocycles. The normalized spacial score (nSPS) is 14.5. The van der Waals surface area contributed by atoms with Crippen LogP contribution in [0.4, 0.5) is 0 Å². The van der Waals surface area contributed by atoms with Crippen LogP contribution in [0.5, 0.6) is 0 Å². The molecule has 1 atom stereocenters. The van der Waals surface area contributed by atoms with Gasteiger partial charge in [-0.1, -0.05) is 27.2 Å². The first kappa shape index (κ1) is 15.9. The maximum Gasteiger partial charge on any atom is 0.310 e. The van der Waals surface area contributed by atoms with Crippen molar-refractivity contribution in [2.45, 2.75) is 47.0 Å². The summed E-state index contributed by atoms with van der Waals surface area (Å²) < 4.78 is 0. The minimum absolute atomic E-state index is 0.0662. The summed E-state index contributed by atoms with van der Waals surface area (Å²) in [6.07, 6.45) is 2.05. The van der Waals surface area contributed by atoms with E-state index in [1.54, 1.807) is 18.9 Å². The van der Waals surface area contributed by atoms with Crippen molar-refractivity contribution in [3.8, 4) is 0 Å². The lowest BCUT2D eigenvalue weighted by Crippen LogP contribution is -2.40. The summed E-state index contributed by atoms with van der Waals surface area (Å²) in [5.41, 5.74) is -0.975. The fourth-order valence-corrected chi connectivity index (χ4v) is 1.50. The van der Waals surface area contributed by atoms with Gasteiger partial charge in [0.15, 0.2) is 0 Å². The molecule has 1 N–H and O–H groups in total. The summed E-state index contributed by atoms with van der Waals surface area (Å²) in [5, 5.41) is 9.24. The van der Waals surface area contributed by atoms with Gasteiger partial charge >= 0.3 is 5.97 Å². The van der Waals surface area contributed by atoms with Crippen LogP contribution in [0.2, 0.25) is 0 Å². The van der Waals surface area contributed by atoms with E-state index in [-0.39, 0.29) is 18.2 Å². The molecule has 0 aromatic carbocycles. The number of unbranched alkanes of at least 4 members (excludes halogenated alkanes) is 1. The van der Waals surface area contributed by atoms with Crippen molar-refractivity contribution in [3.05, 3.63) is 0 Å². The van der Waals surface area contributed by atoms with Gasteiger partial charge in [0.2, 0.25) is 5.91 Å². The summed E-state index contributed by atoms with van der Waals surface area (Å²) in [7, 11) is 1.74. The fraction of sp³-hybridized carbons (Fsp3) is 0.846. The third kappa shape index (κ3) is 4.36. The predicted molar refractivity (Wildman–Crippen MR) is 67.7 cm³/mol. The lowest BCUT2D eigenvalue weighted by atomic mass is 9.76. The molecule has 100 valence electrons. The van der Waals surface area contributed by atoms with E-state index in [0.717, 1.165) is 12.8 Å². The Morgan fingerprint density at radius 3 is 2.24 bits per heavy atom. The SMILES string of the molecule is CCCCN(C)C(=O)CC(C)(C(=O)O)C(C)C. The highest BCUT2D eigenvalue weighted by atomic mass is 16.4. The van der Waals surface area contributed by atoms with Crippen LogP contribution in [0.15, 0.2) is 0 Å². The van der Waals surface area contributed by atoms with E-state index in [0.29, 0.717) is 6.54 Å². The summed E-state index contributed by atoms with van der Waals surface area (Å²) in [6.45, 7) is 8.09. The molecule has 0 saturated carbocycles. The second-order valence-electron chi connectivity index (χ2n) is 5.22. The Kier molecular flexibility index (Phi) is 6.21. The molecule has 17 heavy (non-hydrogen) atoms. The second-order valence-corrected chi connectivity index (χ2v) is 5.22. The van der Waals surface area contributed by atoms with Gasteiger partial charge in [-0.05, 0) is 19.3 Å². The van der Waals surface area contributed by atoms with Gasteiger partial charge in [0.05, 0.1) is 5.41 Å². The van der Waals surface area contributed by atoms with Gasteiger partial charge < -0.3 is 10.0 Å². The monoisotopic (exact) mass is 243 g/mol. The zero-order chi connectivity index (χ0) is 13.6. The Balaban J connectivity index is 4.57. The first-order valence-electron chi connectivity index (χ1n) is 6.23. The van der Waals surface area contributed by atoms with Crippen LogP contribution in [0.1, 0.15) is 47.0 Å². The quantitative estimate of drug-likeness (QED) is 0.747. The highest BCUT2D eigenvalue weighted by Gasteiger charge is 2.39. The second kappa shape index (κ2) is 6.62. The van der Waals surface area contributed by atoms with Crippen LogP contribution in [-0.4, -0.2) is 35.5 Å². The molecular weight excluding hydrogens is 218 g/mol. The molecule has 0 saturated heterocycles. The summed E-state index contributed by atoms with van der Waals surface area (Å²) in [5.74, 6) is -1.05. The zero-order valence-corrected chi connectivity index (χ0v) is 11.6. The van der Waals surface area contributed by atoms with E-state index in [4.69, 9.17) is 0 Å². The van der Waals surface area contributed by atoms with Gasteiger partial charge in [-0.2, -0.15) is 0 Å².